The Hall–Kier alpha value is -1.03. The summed E-state index contributed by atoms with van der Waals surface area (Å²) in [6.45, 7) is 3.52. The molecule has 90 valence electrons. The molecule has 0 amide bonds. The first-order valence-corrected chi connectivity index (χ1v) is 6.58. The average molecular weight is 268 g/mol. The Kier molecular flexibility index (Phi) is 4.05. The van der Waals surface area contributed by atoms with E-state index < -0.39 is 0 Å². The predicted molar refractivity (Wildman–Crippen MR) is 72.7 cm³/mol. The van der Waals surface area contributed by atoms with Gasteiger partial charge >= 0.3 is 0 Å². The van der Waals surface area contributed by atoms with Gasteiger partial charge in [-0.25, -0.2) is 0 Å². The summed E-state index contributed by atoms with van der Waals surface area (Å²) in [5.41, 5.74) is 0.825. The second-order valence-electron chi connectivity index (χ2n) is 3.86. The molecule has 0 atom stereocenters. The lowest BCUT2D eigenvalue weighted by molar-refractivity contribution is 0.465. The van der Waals surface area contributed by atoms with Gasteiger partial charge in [0.2, 0.25) is 0 Å². The van der Waals surface area contributed by atoms with Crippen LogP contribution in [0.5, 0.6) is 5.75 Å². The zero-order valence-electron chi connectivity index (χ0n) is 9.53. The second-order valence-corrected chi connectivity index (χ2v) is 5.64. The number of hydrogen-bond donors (Lipinski definition) is 2. The lowest BCUT2D eigenvalue weighted by Gasteiger charge is -2.06. The highest BCUT2D eigenvalue weighted by atomic mass is 35.5. The van der Waals surface area contributed by atoms with Crippen LogP contribution in [-0.2, 0) is 13.1 Å². The molecule has 2 nitrogen and oxygen atoms in total. The maximum absolute atomic E-state index is 9.73. The van der Waals surface area contributed by atoms with Crippen molar-refractivity contribution in [3.05, 3.63) is 50.7 Å². The molecule has 0 saturated carbocycles. The highest BCUT2D eigenvalue weighted by molar-refractivity contribution is 7.11. The van der Waals surface area contributed by atoms with Crippen molar-refractivity contribution in [2.75, 3.05) is 0 Å². The highest BCUT2D eigenvalue weighted by Gasteiger charge is 2.04. The Bertz CT molecular complexity index is 510. The van der Waals surface area contributed by atoms with E-state index in [1.54, 1.807) is 17.4 Å². The van der Waals surface area contributed by atoms with Crippen LogP contribution in [0.15, 0.2) is 30.3 Å². The minimum atomic E-state index is 0.170. The van der Waals surface area contributed by atoms with Gasteiger partial charge in [-0.15, -0.1) is 11.3 Å². The van der Waals surface area contributed by atoms with E-state index in [-0.39, 0.29) is 5.75 Å². The van der Waals surface area contributed by atoms with Gasteiger partial charge in [0.25, 0.3) is 0 Å². The molecule has 4 heteroatoms. The molecule has 0 bridgehead atoms. The fourth-order valence-corrected chi connectivity index (χ4v) is 2.66. The summed E-state index contributed by atoms with van der Waals surface area (Å²) in [5, 5.41) is 13.4. The van der Waals surface area contributed by atoms with Crippen LogP contribution in [0.1, 0.15) is 15.3 Å². The fourth-order valence-electron chi connectivity index (χ4n) is 1.60. The van der Waals surface area contributed by atoms with Crippen LogP contribution in [0, 0.1) is 6.92 Å². The topological polar surface area (TPSA) is 32.3 Å². The van der Waals surface area contributed by atoms with Crippen molar-refractivity contribution in [1.82, 2.24) is 5.32 Å². The van der Waals surface area contributed by atoms with Gasteiger partial charge in [0, 0.05) is 28.4 Å². The van der Waals surface area contributed by atoms with Crippen LogP contribution in [0.2, 0.25) is 5.02 Å². The summed E-state index contributed by atoms with van der Waals surface area (Å²) in [6.07, 6.45) is 0. The number of rotatable bonds is 4. The molecule has 0 unspecified atom stereocenters. The van der Waals surface area contributed by atoms with Gasteiger partial charge in [-0.3, -0.25) is 0 Å². The molecule has 0 radical (unpaired) electrons. The number of benzene rings is 1. The summed E-state index contributed by atoms with van der Waals surface area (Å²) in [7, 11) is 0. The van der Waals surface area contributed by atoms with Crippen LogP contribution < -0.4 is 5.32 Å². The molecule has 2 N–H and O–H groups in total. The minimum Gasteiger partial charge on any atom is -0.506 e. The molecule has 0 aliphatic heterocycles. The molecule has 0 aliphatic carbocycles. The first-order valence-electron chi connectivity index (χ1n) is 5.39. The number of thiophene rings is 1. The smallest absolute Gasteiger partial charge is 0.138 e. The van der Waals surface area contributed by atoms with E-state index in [4.69, 9.17) is 11.6 Å². The number of halogens is 1. The van der Waals surface area contributed by atoms with E-state index in [1.165, 1.54) is 9.75 Å². The van der Waals surface area contributed by atoms with Gasteiger partial charge in [0.05, 0.1) is 5.02 Å². The van der Waals surface area contributed by atoms with E-state index in [2.05, 4.69) is 24.4 Å². The van der Waals surface area contributed by atoms with Crippen molar-refractivity contribution in [2.24, 2.45) is 0 Å². The molecule has 1 heterocycles. The third kappa shape index (κ3) is 3.22. The van der Waals surface area contributed by atoms with Crippen molar-refractivity contribution in [1.29, 1.82) is 0 Å². The Morgan fingerprint density at radius 3 is 2.76 bits per heavy atom. The monoisotopic (exact) mass is 267 g/mol. The molecule has 17 heavy (non-hydrogen) atoms. The summed E-state index contributed by atoms with van der Waals surface area (Å²) in [4.78, 5) is 2.61. The first kappa shape index (κ1) is 12.4. The van der Waals surface area contributed by atoms with Crippen LogP contribution >= 0.6 is 22.9 Å². The second kappa shape index (κ2) is 5.54. The maximum atomic E-state index is 9.73. The van der Waals surface area contributed by atoms with Crippen LogP contribution in [0.25, 0.3) is 0 Å². The van der Waals surface area contributed by atoms with Crippen molar-refractivity contribution < 1.29 is 5.11 Å². The molecule has 2 rings (SSSR count). The molecule has 2 aromatic rings. The minimum absolute atomic E-state index is 0.170. The molecule has 0 saturated heterocycles. The number of phenolic OH excluding ortho intramolecular Hbond substituents is 1. The lowest BCUT2D eigenvalue weighted by Crippen LogP contribution is -2.11. The average Bonchev–Trinajstić information content (AvgIpc) is 2.70. The molecule has 0 fully saturated rings. The zero-order valence-corrected chi connectivity index (χ0v) is 11.1. The van der Waals surface area contributed by atoms with E-state index in [0.717, 1.165) is 12.1 Å². The van der Waals surface area contributed by atoms with Crippen LogP contribution in [-0.4, -0.2) is 5.11 Å². The van der Waals surface area contributed by atoms with Gasteiger partial charge in [-0.2, -0.15) is 0 Å². The number of hydrogen-bond acceptors (Lipinski definition) is 3. The van der Waals surface area contributed by atoms with Gasteiger partial charge in [-0.1, -0.05) is 23.7 Å². The highest BCUT2D eigenvalue weighted by Crippen LogP contribution is 2.26. The van der Waals surface area contributed by atoms with Crippen molar-refractivity contribution in [3.8, 4) is 5.75 Å². The summed E-state index contributed by atoms with van der Waals surface area (Å²) in [6, 6.07) is 9.62. The fraction of sp³-hybridized carbons (Fsp3) is 0.231. The van der Waals surface area contributed by atoms with E-state index in [9.17, 15) is 5.11 Å². The van der Waals surface area contributed by atoms with Crippen LogP contribution in [0.3, 0.4) is 0 Å². The normalized spacial score (nSPS) is 10.7. The number of para-hydroxylation sites is 1. The Morgan fingerprint density at radius 2 is 2.06 bits per heavy atom. The van der Waals surface area contributed by atoms with Gasteiger partial charge in [0.15, 0.2) is 0 Å². The van der Waals surface area contributed by atoms with Gasteiger partial charge < -0.3 is 10.4 Å². The van der Waals surface area contributed by atoms with Gasteiger partial charge in [-0.05, 0) is 25.1 Å². The largest absolute Gasteiger partial charge is 0.506 e. The van der Waals surface area contributed by atoms with E-state index in [1.807, 2.05) is 12.1 Å². The molecule has 1 aromatic carbocycles. The van der Waals surface area contributed by atoms with E-state index in [0.29, 0.717) is 11.6 Å². The molecular formula is C13H14ClNOS. The van der Waals surface area contributed by atoms with Crippen molar-refractivity contribution in [2.45, 2.75) is 20.0 Å². The molecular weight excluding hydrogens is 254 g/mol. The Morgan fingerprint density at radius 1 is 1.24 bits per heavy atom. The summed E-state index contributed by atoms with van der Waals surface area (Å²) in [5.74, 6) is 0.170. The third-order valence-electron chi connectivity index (χ3n) is 2.48. The predicted octanol–water partition coefficient (Wildman–Crippen LogP) is 3.71. The molecule has 1 aromatic heterocycles. The van der Waals surface area contributed by atoms with Gasteiger partial charge in [0.1, 0.15) is 5.75 Å². The number of nitrogens with one attached hydrogen (secondary N) is 1. The quantitative estimate of drug-likeness (QED) is 0.885. The molecule has 0 aliphatic rings. The standard InChI is InChI=1S/C13H14ClNOS/c1-9-5-6-11(17-9)8-15-7-10-3-2-4-12(14)13(10)16/h2-6,15-16H,7-8H2,1H3. The summed E-state index contributed by atoms with van der Waals surface area (Å²) >= 11 is 7.62. The Balaban J connectivity index is 1.92. The Labute approximate surface area is 110 Å². The SMILES string of the molecule is Cc1ccc(CNCc2cccc(Cl)c2O)s1. The number of aromatic hydroxyl groups is 1. The lowest BCUT2D eigenvalue weighted by atomic mass is 10.2. The maximum Gasteiger partial charge on any atom is 0.138 e. The number of phenols is 1. The van der Waals surface area contributed by atoms with Crippen molar-refractivity contribution in [3.63, 3.8) is 0 Å². The van der Waals surface area contributed by atoms with Crippen LogP contribution in [0.4, 0.5) is 0 Å². The number of aryl methyl sites for hydroxylation is 1. The van der Waals surface area contributed by atoms with Crippen molar-refractivity contribution >= 4 is 22.9 Å². The van der Waals surface area contributed by atoms with E-state index >= 15 is 0 Å². The summed E-state index contributed by atoms with van der Waals surface area (Å²) < 4.78 is 0. The molecule has 0 spiro atoms. The zero-order chi connectivity index (χ0) is 12.3. The first-order chi connectivity index (χ1) is 8.16. The third-order valence-corrected chi connectivity index (χ3v) is 3.79.